The van der Waals surface area contributed by atoms with Crippen LogP contribution in [0, 0.1) is 0 Å². The van der Waals surface area contributed by atoms with Gasteiger partial charge in [0, 0.05) is 0 Å². The van der Waals surface area contributed by atoms with Gasteiger partial charge in [0.15, 0.2) is 0 Å². The van der Waals surface area contributed by atoms with Crippen LogP contribution in [0.25, 0.3) is 0 Å². The summed E-state index contributed by atoms with van der Waals surface area (Å²) in [5, 5.41) is 0. The van der Waals surface area contributed by atoms with Crippen LogP contribution in [-0.2, 0) is 0 Å². The Morgan fingerprint density at radius 2 is 0.667 bits per heavy atom. The maximum atomic E-state index is 2.26. The average Bonchev–Trinajstić information content (AvgIpc) is 2.51. The molecule has 0 saturated heterocycles. The molecule has 1 unspecified atom stereocenters. The fourth-order valence-corrected chi connectivity index (χ4v) is 5.49. The van der Waals surface area contributed by atoms with E-state index in [1.165, 1.54) is 13.3 Å². The SMILES string of the molecule is Cl.P.c1cc[c]([Al]([c]2ccccc2)[c]2ccccc2)cc1. The minimum absolute atomic E-state index is 0. The minimum atomic E-state index is -1.31. The molecule has 106 valence electrons. The van der Waals surface area contributed by atoms with Gasteiger partial charge < -0.3 is 0 Å². The maximum Gasteiger partial charge on any atom is 0.383 e. The molecule has 21 heavy (non-hydrogen) atoms. The van der Waals surface area contributed by atoms with Gasteiger partial charge in [-0.05, 0) is 0 Å². The van der Waals surface area contributed by atoms with Gasteiger partial charge >= 0.3 is 14.1 Å². The monoisotopic (exact) mass is 328 g/mol. The molecule has 0 bridgehead atoms. The van der Waals surface area contributed by atoms with Crippen molar-refractivity contribution in [2.45, 2.75) is 0 Å². The van der Waals surface area contributed by atoms with E-state index >= 15 is 0 Å². The molecule has 0 nitrogen and oxygen atoms in total. The second kappa shape index (κ2) is 9.04. The van der Waals surface area contributed by atoms with Gasteiger partial charge in [-0.1, -0.05) is 104 Å². The third-order valence-electron chi connectivity index (χ3n) is 3.40. The smallest absolute Gasteiger partial charge is 0.153 e. The van der Waals surface area contributed by atoms with E-state index in [1.807, 2.05) is 0 Å². The van der Waals surface area contributed by atoms with Gasteiger partial charge in [0.05, 0.1) is 0 Å². The fourth-order valence-electron chi connectivity index (χ4n) is 2.51. The van der Waals surface area contributed by atoms with E-state index in [1.54, 1.807) is 0 Å². The summed E-state index contributed by atoms with van der Waals surface area (Å²) in [5.41, 5.74) is 0. The van der Waals surface area contributed by atoms with Crippen molar-refractivity contribution in [1.29, 1.82) is 0 Å². The molecule has 1 atom stereocenters. The van der Waals surface area contributed by atoms with Crippen molar-refractivity contribution < 1.29 is 0 Å². The van der Waals surface area contributed by atoms with Gasteiger partial charge in [-0.25, -0.2) is 0 Å². The van der Waals surface area contributed by atoms with E-state index in [4.69, 9.17) is 0 Å². The molecule has 0 aliphatic heterocycles. The topological polar surface area (TPSA) is 0 Å². The Labute approximate surface area is 140 Å². The van der Waals surface area contributed by atoms with Gasteiger partial charge in [0.25, 0.3) is 0 Å². The number of rotatable bonds is 3. The van der Waals surface area contributed by atoms with Gasteiger partial charge in [0.1, 0.15) is 0 Å². The van der Waals surface area contributed by atoms with E-state index in [9.17, 15) is 0 Å². The van der Waals surface area contributed by atoms with Gasteiger partial charge in [-0.15, -0.1) is 12.4 Å². The van der Waals surface area contributed by atoms with Crippen molar-refractivity contribution in [1.82, 2.24) is 0 Å². The van der Waals surface area contributed by atoms with Crippen LogP contribution in [0.15, 0.2) is 91.0 Å². The summed E-state index contributed by atoms with van der Waals surface area (Å²) < 4.78 is 4.42. The highest BCUT2D eigenvalue weighted by Crippen LogP contribution is 1.95. The first-order valence-corrected chi connectivity index (χ1v) is 8.33. The molecule has 0 aliphatic rings. The molecule has 3 aromatic carbocycles. The molecule has 0 saturated carbocycles. The van der Waals surface area contributed by atoms with E-state index in [0.29, 0.717) is 0 Å². The van der Waals surface area contributed by atoms with Crippen molar-refractivity contribution in [3.05, 3.63) is 91.0 Å². The first kappa shape index (κ1) is 18.0. The molecule has 3 aromatic rings. The molecule has 3 rings (SSSR count). The summed E-state index contributed by atoms with van der Waals surface area (Å²) in [4.78, 5) is 0. The van der Waals surface area contributed by atoms with E-state index in [-0.39, 0.29) is 22.3 Å². The normalized spacial score (nSPS) is 9.14. The summed E-state index contributed by atoms with van der Waals surface area (Å²) in [6.45, 7) is 0. The van der Waals surface area contributed by atoms with Crippen molar-refractivity contribution in [3.63, 3.8) is 0 Å². The van der Waals surface area contributed by atoms with Gasteiger partial charge in [-0.3, -0.25) is 0 Å². The molecule has 0 N–H and O–H groups in total. The summed E-state index contributed by atoms with van der Waals surface area (Å²) >= 11 is -1.31. The Morgan fingerprint density at radius 1 is 0.429 bits per heavy atom. The van der Waals surface area contributed by atoms with Crippen molar-refractivity contribution in [2.75, 3.05) is 0 Å². The second-order valence-electron chi connectivity index (χ2n) is 4.67. The largest absolute Gasteiger partial charge is 0.383 e. The quantitative estimate of drug-likeness (QED) is 0.512. The molecule has 3 heteroatoms. The number of hydrogen-bond acceptors (Lipinski definition) is 0. The van der Waals surface area contributed by atoms with Crippen LogP contribution in [0.2, 0.25) is 0 Å². The lowest BCUT2D eigenvalue weighted by Crippen LogP contribution is -2.51. The molecule has 0 radical (unpaired) electrons. The number of halogens is 1. The summed E-state index contributed by atoms with van der Waals surface area (Å²) in [7, 11) is 0. The third-order valence-corrected chi connectivity index (χ3v) is 6.55. The van der Waals surface area contributed by atoms with Gasteiger partial charge in [0.2, 0.25) is 0 Å². The van der Waals surface area contributed by atoms with Crippen LogP contribution >= 0.6 is 22.3 Å². The second-order valence-corrected chi connectivity index (χ2v) is 7.53. The average molecular weight is 329 g/mol. The van der Waals surface area contributed by atoms with Gasteiger partial charge in [-0.2, -0.15) is 9.90 Å². The Balaban J connectivity index is 0.00000110. The zero-order chi connectivity index (χ0) is 12.9. The van der Waals surface area contributed by atoms with Crippen molar-refractivity contribution in [3.8, 4) is 0 Å². The van der Waals surface area contributed by atoms with Crippen LogP contribution in [0.3, 0.4) is 0 Å². The highest BCUT2D eigenvalue weighted by atomic mass is 35.5. The van der Waals surface area contributed by atoms with Crippen LogP contribution < -0.4 is 13.3 Å². The first-order chi connectivity index (χ1) is 9.45. The zero-order valence-electron chi connectivity index (χ0n) is 11.9. The van der Waals surface area contributed by atoms with E-state index in [2.05, 4.69) is 91.0 Å². The fraction of sp³-hybridized carbons (Fsp3) is 0. The Morgan fingerprint density at radius 3 is 0.905 bits per heavy atom. The molecule has 0 amide bonds. The summed E-state index contributed by atoms with van der Waals surface area (Å²) in [6.07, 6.45) is 0. The maximum absolute atomic E-state index is 2.26. The molecule has 0 fully saturated rings. The van der Waals surface area contributed by atoms with Crippen molar-refractivity contribution in [2.24, 2.45) is 0 Å². The van der Waals surface area contributed by atoms with E-state index in [0.717, 1.165) is 0 Å². The minimum Gasteiger partial charge on any atom is -0.153 e. The van der Waals surface area contributed by atoms with Crippen LogP contribution in [-0.4, -0.2) is 14.1 Å². The Hall–Kier alpha value is -1.09. The molecule has 0 aromatic heterocycles. The lowest BCUT2D eigenvalue weighted by atomic mass is 10.3. The molecular weight excluding hydrogens is 310 g/mol. The Bertz CT molecular complexity index is 535. The summed E-state index contributed by atoms with van der Waals surface area (Å²) in [6, 6.07) is 32.7. The Kier molecular flexibility index (Phi) is 7.73. The number of benzene rings is 3. The highest BCUT2D eigenvalue weighted by Gasteiger charge is 2.23. The summed E-state index contributed by atoms with van der Waals surface area (Å²) in [5.74, 6) is 0. The predicted molar refractivity (Wildman–Crippen MR) is 102 cm³/mol. The van der Waals surface area contributed by atoms with E-state index < -0.39 is 14.1 Å². The predicted octanol–water partition coefficient (Wildman–Crippen LogP) is 2.68. The third kappa shape index (κ3) is 4.44. The highest BCUT2D eigenvalue weighted by molar-refractivity contribution is 6.95. The van der Waals surface area contributed by atoms with Crippen LogP contribution in [0.5, 0.6) is 0 Å². The zero-order valence-corrected chi connectivity index (χ0v) is 15.2. The molecule has 0 aliphatic carbocycles. The van der Waals surface area contributed by atoms with Crippen molar-refractivity contribution >= 4 is 49.7 Å². The standard InChI is InChI=1S/3C6H5.Al.ClH.H3P/c3*1-2-4-6-5-3-1;;;/h3*1-5H;;1H;1H3. The number of hydrogen-bond donors (Lipinski definition) is 0. The van der Waals surface area contributed by atoms with Crippen LogP contribution in [0.4, 0.5) is 0 Å². The lowest BCUT2D eigenvalue weighted by molar-refractivity contribution is 1.71. The molecule has 0 spiro atoms. The van der Waals surface area contributed by atoms with Crippen LogP contribution in [0.1, 0.15) is 0 Å². The molecular formula is C18H19AlClP. The molecule has 0 heterocycles. The first-order valence-electron chi connectivity index (χ1n) is 6.60. The lowest BCUT2D eigenvalue weighted by Gasteiger charge is -2.13.